The summed E-state index contributed by atoms with van der Waals surface area (Å²) in [6, 6.07) is 15.2. The Kier molecular flexibility index (Phi) is 5.42. The van der Waals surface area contributed by atoms with E-state index in [0.717, 1.165) is 17.7 Å². The Morgan fingerprint density at radius 1 is 1.18 bits per heavy atom. The molecule has 0 bridgehead atoms. The third kappa shape index (κ3) is 4.25. The Labute approximate surface area is 131 Å². The molecule has 2 aromatic carbocycles. The van der Waals surface area contributed by atoms with Gasteiger partial charge in [0.05, 0.1) is 18.5 Å². The molecular formula is C18H22N2O2. The number of hydrogen-bond acceptors (Lipinski definition) is 3. The lowest BCUT2D eigenvalue weighted by Crippen LogP contribution is -2.17. The molecule has 0 saturated carbocycles. The van der Waals surface area contributed by atoms with Crippen molar-refractivity contribution in [2.75, 3.05) is 18.2 Å². The number of carbonyl (C=O) groups is 1. The molecule has 3 N–H and O–H groups in total. The predicted octanol–water partition coefficient (Wildman–Crippen LogP) is 3.48. The fourth-order valence-electron chi connectivity index (χ4n) is 2.45. The van der Waals surface area contributed by atoms with Crippen molar-refractivity contribution in [1.29, 1.82) is 0 Å². The number of nitrogens with two attached hydrogens (primary N) is 1. The van der Waals surface area contributed by atoms with Gasteiger partial charge in [0.2, 0.25) is 5.91 Å². The van der Waals surface area contributed by atoms with Gasteiger partial charge in [-0.25, -0.2) is 0 Å². The summed E-state index contributed by atoms with van der Waals surface area (Å²) in [6.45, 7) is 2.06. The van der Waals surface area contributed by atoms with Gasteiger partial charge in [-0.1, -0.05) is 37.3 Å². The first-order valence-electron chi connectivity index (χ1n) is 7.36. The lowest BCUT2D eigenvalue weighted by atomic mass is 9.97. The van der Waals surface area contributed by atoms with Crippen LogP contribution in [0.1, 0.15) is 18.9 Å². The van der Waals surface area contributed by atoms with Crippen molar-refractivity contribution in [2.45, 2.75) is 19.8 Å². The molecule has 1 unspecified atom stereocenters. The van der Waals surface area contributed by atoms with Crippen molar-refractivity contribution >= 4 is 17.3 Å². The van der Waals surface area contributed by atoms with Gasteiger partial charge < -0.3 is 15.8 Å². The number of carbonyl (C=O) groups excluding carboxylic acids is 1. The molecule has 0 fully saturated rings. The molecule has 4 nitrogen and oxygen atoms in total. The Morgan fingerprint density at radius 2 is 1.86 bits per heavy atom. The number of nitrogens with one attached hydrogen (secondary N) is 1. The summed E-state index contributed by atoms with van der Waals surface area (Å²) >= 11 is 0. The van der Waals surface area contributed by atoms with Crippen molar-refractivity contribution < 1.29 is 9.53 Å². The van der Waals surface area contributed by atoms with E-state index in [1.165, 1.54) is 0 Å². The summed E-state index contributed by atoms with van der Waals surface area (Å²) in [5.74, 6) is 1.04. The molecule has 1 atom stereocenters. The van der Waals surface area contributed by atoms with Crippen LogP contribution < -0.4 is 15.8 Å². The Hall–Kier alpha value is -2.49. The Balaban J connectivity index is 1.93. The first kappa shape index (κ1) is 15.9. The molecule has 2 aromatic rings. The zero-order valence-corrected chi connectivity index (χ0v) is 13.0. The number of amides is 1. The highest BCUT2D eigenvalue weighted by Gasteiger charge is 2.13. The SMILES string of the molecule is COc1ccccc1CC(C)CC(=O)Nc1ccccc1N. The van der Waals surface area contributed by atoms with Crippen LogP contribution in [0.5, 0.6) is 5.75 Å². The Morgan fingerprint density at radius 3 is 2.59 bits per heavy atom. The fourth-order valence-corrected chi connectivity index (χ4v) is 2.45. The number of para-hydroxylation sites is 3. The van der Waals surface area contributed by atoms with Crippen LogP contribution in [0, 0.1) is 5.92 Å². The van der Waals surface area contributed by atoms with Crippen LogP contribution in [0.4, 0.5) is 11.4 Å². The van der Waals surface area contributed by atoms with Crippen molar-refractivity contribution in [3.05, 3.63) is 54.1 Å². The second kappa shape index (κ2) is 7.50. The highest BCUT2D eigenvalue weighted by atomic mass is 16.5. The van der Waals surface area contributed by atoms with Crippen LogP contribution in [0.3, 0.4) is 0 Å². The summed E-state index contributed by atoms with van der Waals surface area (Å²) in [5.41, 5.74) is 8.19. The number of hydrogen-bond donors (Lipinski definition) is 2. The highest BCUT2D eigenvalue weighted by molar-refractivity contribution is 5.93. The minimum absolute atomic E-state index is 0.0275. The monoisotopic (exact) mass is 298 g/mol. The zero-order valence-electron chi connectivity index (χ0n) is 13.0. The molecule has 22 heavy (non-hydrogen) atoms. The van der Waals surface area contributed by atoms with Crippen LogP contribution in [0.15, 0.2) is 48.5 Å². The number of nitrogen functional groups attached to an aromatic ring is 1. The van der Waals surface area contributed by atoms with Crippen molar-refractivity contribution in [2.24, 2.45) is 5.92 Å². The molecule has 0 aliphatic rings. The molecule has 2 rings (SSSR count). The molecule has 4 heteroatoms. The summed E-state index contributed by atoms with van der Waals surface area (Å²) < 4.78 is 5.35. The first-order chi connectivity index (χ1) is 10.6. The van der Waals surface area contributed by atoms with Crippen LogP contribution in [0.25, 0.3) is 0 Å². The fraction of sp³-hybridized carbons (Fsp3) is 0.278. The van der Waals surface area contributed by atoms with E-state index in [4.69, 9.17) is 10.5 Å². The number of benzene rings is 2. The molecule has 0 saturated heterocycles. The normalized spacial score (nSPS) is 11.7. The molecule has 116 valence electrons. The van der Waals surface area contributed by atoms with Crippen LogP contribution in [0.2, 0.25) is 0 Å². The second-order valence-corrected chi connectivity index (χ2v) is 5.46. The van der Waals surface area contributed by atoms with Gasteiger partial charge >= 0.3 is 0 Å². The van der Waals surface area contributed by atoms with E-state index in [-0.39, 0.29) is 11.8 Å². The van der Waals surface area contributed by atoms with Gasteiger partial charge in [-0.05, 0) is 36.1 Å². The Bertz CT molecular complexity index is 640. The maximum Gasteiger partial charge on any atom is 0.224 e. The molecule has 0 radical (unpaired) electrons. The van der Waals surface area contributed by atoms with Crippen molar-refractivity contribution in [3.63, 3.8) is 0 Å². The third-order valence-corrected chi connectivity index (χ3v) is 3.53. The van der Waals surface area contributed by atoms with E-state index in [0.29, 0.717) is 17.8 Å². The van der Waals surface area contributed by atoms with Crippen molar-refractivity contribution in [1.82, 2.24) is 0 Å². The maximum absolute atomic E-state index is 12.1. The van der Waals surface area contributed by atoms with Gasteiger partial charge in [0.1, 0.15) is 5.75 Å². The van der Waals surface area contributed by atoms with E-state index in [1.807, 2.05) is 36.4 Å². The average molecular weight is 298 g/mol. The van der Waals surface area contributed by atoms with E-state index < -0.39 is 0 Å². The number of anilines is 2. The third-order valence-electron chi connectivity index (χ3n) is 3.53. The second-order valence-electron chi connectivity index (χ2n) is 5.46. The van der Waals surface area contributed by atoms with E-state index in [1.54, 1.807) is 19.2 Å². The van der Waals surface area contributed by atoms with Gasteiger partial charge in [0.25, 0.3) is 0 Å². The van der Waals surface area contributed by atoms with Crippen LogP contribution in [-0.4, -0.2) is 13.0 Å². The van der Waals surface area contributed by atoms with Crippen LogP contribution in [-0.2, 0) is 11.2 Å². The van der Waals surface area contributed by atoms with E-state index in [2.05, 4.69) is 12.2 Å². The minimum Gasteiger partial charge on any atom is -0.496 e. The molecular weight excluding hydrogens is 276 g/mol. The average Bonchev–Trinajstić information content (AvgIpc) is 2.50. The summed E-state index contributed by atoms with van der Waals surface area (Å²) in [5, 5.41) is 2.86. The van der Waals surface area contributed by atoms with Gasteiger partial charge in [0.15, 0.2) is 0 Å². The standard InChI is InChI=1S/C18H22N2O2/c1-13(11-14-7-3-6-10-17(14)22-2)12-18(21)20-16-9-5-4-8-15(16)19/h3-10,13H,11-12,19H2,1-2H3,(H,20,21). The first-order valence-corrected chi connectivity index (χ1v) is 7.36. The predicted molar refractivity (Wildman–Crippen MR) is 90.0 cm³/mol. The molecule has 0 aromatic heterocycles. The van der Waals surface area contributed by atoms with Gasteiger partial charge in [0, 0.05) is 6.42 Å². The van der Waals surface area contributed by atoms with E-state index in [9.17, 15) is 4.79 Å². The summed E-state index contributed by atoms with van der Waals surface area (Å²) in [4.78, 5) is 12.1. The van der Waals surface area contributed by atoms with E-state index >= 15 is 0 Å². The lowest BCUT2D eigenvalue weighted by Gasteiger charge is -2.14. The van der Waals surface area contributed by atoms with Crippen LogP contribution >= 0.6 is 0 Å². The highest BCUT2D eigenvalue weighted by Crippen LogP contribution is 2.23. The minimum atomic E-state index is -0.0275. The molecule has 1 amide bonds. The lowest BCUT2D eigenvalue weighted by molar-refractivity contribution is -0.116. The number of ether oxygens (including phenoxy) is 1. The van der Waals surface area contributed by atoms with Crippen molar-refractivity contribution in [3.8, 4) is 5.75 Å². The molecule has 0 heterocycles. The summed E-state index contributed by atoms with van der Waals surface area (Å²) in [6.07, 6.45) is 1.23. The molecule has 0 aliphatic carbocycles. The van der Waals surface area contributed by atoms with Gasteiger partial charge in [-0.15, -0.1) is 0 Å². The molecule has 0 spiro atoms. The topological polar surface area (TPSA) is 64.3 Å². The van der Waals surface area contributed by atoms with Gasteiger partial charge in [-0.3, -0.25) is 4.79 Å². The summed E-state index contributed by atoms with van der Waals surface area (Å²) in [7, 11) is 1.66. The maximum atomic E-state index is 12.1. The number of rotatable bonds is 6. The quantitative estimate of drug-likeness (QED) is 0.802. The van der Waals surface area contributed by atoms with Gasteiger partial charge in [-0.2, -0.15) is 0 Å². The molecule has 0 aliphatic heterocycles. The smallest absolute Gasteiger partial charge is 0.224 e. The number of methoxy groups -OCH3 is 1. The zero-order chi connectivity index (χ0) is 15.9. The largest absolute Gasteiger partial charge is 0.496 e.